The van der Waals surface area contributed by atoms with Crippen molar-refractivity contribution in [3.05, 3.63) is 0 Å². The minimum absolute atomic E-state index is 0.0266. The minimum atomic E-state index is -1.06. The number of thioether (sulfide) groups is 1. The zero-order valence-electron chi connectivity index (χ0n) is 9.84. The number of aliphatic carboxylic acids is 1. The average Bonchev–Trinajstić information content (AvgIpc) is 2.67. The van der Waals surface area contributed by atoms with Gasteiger partial charge in [-0.3, -0.25) is 4.79 Å². The SMILES string of the molecule is NC1(C(=O)O)CCCC1CCSCC(O)CO. The summed E-state index contributed by atoms with van der Waals surface area (Å²) in [4.78, 5) is 11.1. The molecule has 1 saturated carbocycles. The molecule has 0 radical (unpaired) electrons. The molecule has 100 valence electrons. The molecule has 1 aliphatic carbocycles. The highest BCUT2D eigenvalue weighted by Crippen LogP contribution is 2.36. The van der Waals surface area contributed by atoms with Gasteiger partial charge in [-0.15, -0.1) is 0 Å². The highest BCUT2D eigenvalue weighted by Gasteiger charge is 2.45. The van der Waals surface area contributed by atoms with E-state index >= 15 is 0 Å². The van der Waals surface area contributed by atoms with Crippen molar-refractivity contribution >= 4 is 17.7 Å². The molecule has 0 aromatic carbocycles. The third-order valence-corrected chi connectivity index (χ3v) is 4.55. The van der Waals surface area contributed by atoms with E-state index in [0.717, 1.165) is 25.0 Å². The van der Waals surface area contributed by atoms with E-state index < -0.39 is 17.6 Å². The van der Waals surface area contributed by atoms with Crippen molar-refractivity contribution in [1.29, 1.82) is 0 Å². The molecule has 3 atom stereocenters. The van der Waals surface area contributed by atoms with Crippen LogP contribution in [0.2, 0.25) is 0 Å². The summed E-state index contributed by atoms with van der Waals surface area (Å²) in [5.74, 6) is 0.376. The maximum absolute atomic E-state index is 11.1. The lowest BCUT2D eigenvalue weighted by Crippen LogP contribution is -2.51. The molecule has 0 aromatic heterocycles. The highest BCUT2D eigenvalue weighted by atomic mass is 32.2. The third kappa shape index (κ3) is 3.84. The van der Waals surface area contributed by atoms with Crippen LogP contribution in [0.3, 0.4) is 0 Å². The summed E-state index contributed by atoms with van der Waals surface area (Å²) in [6.45, 7) is -0.230. The van der Waals surface area contributed by atoms with Gasteiger partial charge in [0.2, 0.25) is 0 Å². The summed E-state index contributed by atoms with van der Waals surface area (Å²) >= 11 is 1.53. The van der Waals surface area contributed by atoms with Gasteiger partial charge in [-0.2, -0.15) is 11.8 Å². The van der Waals surface area contributed by atoms with Crippen LogP contribution in [-0.2, 0) is 4.79 Å². The van der Waals surface area contributed by atoms with Gasteiger partial charge in [-0.1, -0.05) is 6.42 Å². The summed E-state index contributed by atoms with van der Waals surface area (Å²) < 4.78 is 0. The van der Waals surface area contributed by atoms with Gasteiger partial charge in [0.1, 0.15) is 5.54 Å². The van der Waals surface area contributed by atoms with Gasteiger partial charge in [0, 0.05) is 5.75 Å². The van der Waals surface area contributed by atoms with E-state index in [1.807, 2.05) is 0 Å². The number of nitrogens with two attached hydrogens (primary N) is 1. The first-order valence-corrected chi connectivity index (χ1v) is 7.05. The van der Waals surface area contributed by atoms with Crippen molar-refractivity contribution in [3.63, 3.8) is 0 Å². The van der Waals surface area contributed by atoms with Crippen molar-refractivity contribution in [2.24, 2.45) is 11.7 Å². The van der Waals surface area contributed by atoms with Crippen LogP contribution >= 0.6 is 11.8 Å². The normalized spacial score (nSPS) is 30.4. The Hall–Kier alpha value is -0.300. The molecule has 0 amide bonds. The second-order valence-electron chi connectivity index (χ2n) is 4.63. The van der Waals surface area contributed by atoms with Crippen LogP contribution in [0.4, 0.5) is 0 Å². The molecular weight excluding hydrogens is 242 g/mol. The zero-order chi connectivity index (χ0) is 12.9. The van der Waals surface area contributed by atoms with E-state index in [1.165, 1.54) is 11.8 Å². The van der Waals surface area contributed by atoms with Gasteiger partial charge in [0.05, 0.1) is 12.7 Å². The number of aliphatic hydroxyl groups excluding tert-OH is 2. The lowest BCUT2D eigenvalue weighted by atomic mass is 9.86. The first-order chi connectivity index (χ1) is 8.00. The molecule has 0 spiro atoms. The Kier molecular flexibility index (Phi) is 5.72. The van der Waals surface area contributed by atoms with E-state index in [2.05, 4.69) is 0 Å². The van der Waals surface area contributed by atoms with Gasteiger partial charge in [0.15, 0.2) is 0 Å². The van der Waals surface area contributed by atoms with Gasteiger partial charge < -0.3 is 21.1 Å². The zero-order valence-corrected chi connectivity index (χ0v) is 10.7. The fraction of sp³-hybridized carbons (Fsp3) is 0.909. The number of carboxylic acids is 1. The summed E-state index contributed by atoms with van der Waals surface area (Å²) in [6.07, 6.45) is 2.36. The van der Waals surface area contributed by atoms with Crippen LogP contribution in [0.25, 0.3) is 0 Å². The molecule has 17 heavy (non-hydrogen) atoms. The number of hydrogen-bond acceptors (Lipinski definition) is 5. The molecule has 0 bridgehead atoms. The second-order valence-corrected chi connectivity index (χ2v) is 5.78. The summed E-state index contributed by atoms with van der Waals surface area (Å²) in [7, 11) is 0. The van der Waals surface area contributed by atoms with E-state index in [4.69, 9.17) is 21.1 Å². The standard InChI is InChI=1S/C11H21NO4S/c12-11(10(15)16)4-1-2-8(11)3-5-17-7-9(14)6-13/h8-9,13-14H,1-7,12H2,(H,15,16). The molecule has 3 unspecified atom stereocenters. The van der Waals surface area contributed by atoms with Crippen LogP contribution in [0.15, 0.2) is 0 Å². The number of rotatable bonds is 7. The highest BCUT2D eigenvalue weighted by molar-refractivity contribution is 7.99. The van der Waals surface area contributed by atoms with Crippen LogP contribution in [0.1, 0.15) is 25.7 Å². The number of carboxylic acid groups (broad SMARTS) is 1. The number of carbonyl (C=O) groups is 1. The minimum Gasteiger partial charge on any atom is -0.480 e. The Bertz CT molecular complexity index is 264. The largest absolute Gasteiger partial charge is 0.480 e. The molecule has 1 fully saturated rings. The van der Waals surface area contributed by atoms with E-state index in [-0.39, 0.29) is 12.5 Å². The molecule has 0 aromatic rings. The van der Waals surface area contributed by atoms with Gasteiger partial charge in [-0.25, -0.2) is 0 Å². The molecule has 5 nitrogen and oxygen atoms in total. The van der Waals surface area contributed by atoms with Crippen molar-refractivity contribution in [3.8, 4) is 0 Å². The van der Waals surface area contributed by atoms with Crippen LogP contribution in [0.5, 0.6) is 0 Å². The lowest BCUT2D eigenvalue weighted by Gasteiger charge is -2.26. The van der Waals surface area contributed by atoms with Gasteiger partial charge >= 0.3 is 5.97 Å². The molecule has 1 aliphatic rings. The van der Waals surface area contributed by atoms with Crippen molar-refractivity contribution in [2.45, 2.75) is 37.3 Å². The van der Waals surface area contributed by atoms with E-state index in [1.54, 1.807) is 0 Å². The predicted octanol–water partition coefficient (Wildman–Crippen LogP) is 0.0451. The number of hydrogen-bond donors (Lipinski definition) is 4. The second kappa shape index (κ2) is 6.58. The summed E-state index contributed by atoms with van der Waals surface area (Å²) in [5, 5.41) is 26.9. The fourth-order valence-electron chi connectivity index (χ4n) is 2.28. The molecule has 0 aliphatic heterocycles. The van der Waals surface area contributed by atoms with Crippen molar-refractivity contribution < 1.29 is 20.1 Å². The van der Waals surface area contributed by atoms with Gasteiger partial charge in [-0.05, 0) is 30.9 Å². The maximum atomic E-state index is 11.1. The average molecular weight is 263 g/mol. The van der Waals surface area contributed by atoms with Crippen LogP contribution in [-0.4, -0.2) is 51.0 Å². The van der Waals surface area contributed by atoms with Crippen molar-refractivity contribution in [1.82, 2.24) is 0 Å². The monoisotopic (exact) mass is 263 g/mol. The molecule has 6 heteroatoms. The molecule has 0 saturated heterocycles. The lowest BCUT2D eigenvalue weighted by molar-refractivity contribution is -0.144. The summed E-state index contributed by atoms with van der Waals surface area (Å²) in [5.41, 5.74) is 4.86. The molecule has 5 N–H and O–H groups in total. The Morgan fingerprint density at radius 3 is 2.88 bits per heavy atom. The Balaban J connectivity index is 2.29. The summed E-state index contributed by atoms with van der Waals surface area (Å²) in [6, 6.07) is 0. The maximum Gasteiger partial charge on any atom is 0.323 e. The predicted molar refractivity (Wildman–Crippen MR) is 66.9 cm³/mol. The Morgan fingerprint density at radius 1 is 1.59 bits per heavy atom. The molecule has 1 rings (SSSR count). The molecule has 0 heterocycles. The van der Waals surface area contributed by atoms with Crippen LogP contribution < -0.4 is 5.73 Å². The topological polar surface area (TPSA) is 104 Å². The third-order valence-electron chi connectivity index (χ3n) is 3.40. The van der Waals surface area contributed by atoms with Crippen LogP contribution in [0, 0.1) is 5.92 Å². The molecular formula is C11H21NO4S. The first-order valence-electron chi connectivity index (χ1n) is 5.89. The number of aliphatic hydroxyl groups is 2. The van der Waals surface area contributed by atoms with E-state index in [9.17, 15) is 4.79 Å². The van der Waals surface area contributed by atoms with Gasteiger partial charge in [0.25, 0.3) is 0 Å². The van der Waals surface area contributed by atoms with Crippen molar-refractivity contribution in [2.75, 3.05) is 18.1 Å². The Labute approximate surface area is 105 Å². The fourth-order valence-corrected chi connectivity index (χ4v) is 3.28. The quantitative estimate of drug-likeness (QED) is 0.484. The smallest absolute Gasteiger partial charge is 0.323 e. The van der Waals surface area contributed by atoms with E-state index in [0.29, 0.717) is 12.2 Å². The first kappa shape index (κ1) is 14.8. The Morgan fingerprint density at radius 2 is 2.29 bits per heavy atom.